The number of hydrogen-bond acceptors (Lipinski definition) is 4. The number of rotatable bonds is 7. The van der Waals surface area contributed by atoms with E-state index in [1.165, 1.54) is 4.88 Å². The highest BCUT2D eigenvalue weighted by atomic mass is 32.1. The van der Waals surface area contributed by atoms with Crippen LogP contribution in [0.1, 0.15) is 52.5 Å². The molecule has 0 radical (unpaired) electrons. The van der Waals surface area contributed by atoms with Crippen molar-refractivity contribution < 1.29 is 4.79 Å². The molecule has 26 heavy (non-hydrogen) atoms. The third-order valence-corrected chi connectivity index (χ3v) is 6.26. The molecule has 3 heterocycles. The standard InChI is InChI=1S/C20H30N4OS/c1-4-17-8-9-18(26-17)20(25)24-12-5-7-16(15-24)19-21-10-14-23(19)13-6-11-22(2)3/h8-10,14,16H,4-7,11-13,15H2,1-3H3. The molecule has 1 fully saturated rings. The van der Waals surface area contributed by atoms with E-state index in [1.54, 1.807) is 11.3 Å². The number of likely N-dealkylation sites (tertiary alicyclic amines) is 1. The van der Waals surface area contributed by atoms with Gasteiger partial charge >= 0.3 is 0 Å². The molecular weight excluding hydrogens is 344 g/mol. The lowest BCUT2D eigenvalue weighted by atomic mass is 9.97. The van der Waals surface area contributed by atoms with Crippen LogP contribution in [0, 0.1) is 0 Å². The van der Waals surface area contributed by atoms with E-state index in [-0.39, 0.29) is 5.91 Å². The van der Waals surface area contributed by atoms with Gasteiger partial charge in [0.1, 0.15) is 5.82 Å². The van der Waals surface area contributed by atoms with E-state index in [0.717, 1.165) is 62.6 Å². The Balaban J connectivity index is 1.65. The highest BCUT2D eigenvalue weighted by Gasteiger charge is 2.28. The summed E-state index contributed by atoms with van der Waals surface area (Å²) in [6.07, 6.45) is 8.24. The summed E-state index contributed by atoms with van der Waals surface area (Å²) in [4.78, 5) is 23.9. The van der Waals surface area contributed by atoms with Gasteiger partial charge in [0.25, 0.3) is 5.91 Å². The van der Waals surface area contributed by atoms with Gasteiger partial charge in [0.15, 0.2) is 0 Å². The molecule has 0 N–H and O–H groups in total. The molecule has 1 amide bonds. The van der Waals surface area contributed by atoms with Crippen molar-refractivity contribution in [3.05, 3.63) is 40.1 Å². The molecule has 0 aromatic carbocycles. The Kier molecular flexibility index (Phi) is 6.48. The Morgan fingerprint density at radius 1 is 1.38 bits per heavy atom. The molecule has 6 heteroatoms. The lowest BCUT2D eigenvalue weighted by Gasteiger charge is -2.32. The third kappa shape index (κ3) is 4.54. The van der Waals surface area contributed by atoms with E-state index >= 15 is 0 Å². The third-order valence-electron chi connectivity index (χ3n) is 5.05. The average molecular weight is 375 g/mol. The van der Waals surface area contributed by atoms with Crippen LogP contribution in [0.25, 0.3) is 0 Å². The summed E-state index contributed by atoms with van der Waals surface area (Å²) in [5.41, 5.74) is 0. The van der Waals surface area contributed by atoms with Crippen molar-refractivity contribution in [2.75, 3.05) is 33.7 Å². The average Bonchev–Trinajstić information content (AvgIpc) is 3.30. The van der Waals surface area contributed by atoms with Crippen LogP contribution in [0.4, 0.5) is 0 Å². The molecule has 2 aromatic rings. The Labute approximate surface area is 160 Å². The second-order valence-corrected chi connectivity index (χ2v) is 8.51. The summed E-state index contributed by atoms with van der Waals surface area (Å²) >= 11 is 1.63. The summed E-state index contributed by atoms with van der Waals surface area (Å²) in [7, 11) is 4.21. The lowest BCUT2D eigenvalue weighted by Crippen LogP contribution is -2.39. The zero-order valence-corrected chi connectivity index (χ0v) is 17.0. The first-order valence-electron chi connectivity index (χ1n) is 9.62. The molecule has 142 valence electrons. The fraction of sp³-hybridized carbons (Fsp3) is 0.600. The van der Waals surface area contributed by atoms with Gasteiger partial charge in [0.05, 0.1) is 4.88 Å². The first-order chi connectivity index (χ1) is 12.6. The maximum absolute atomic E-state index is 12.9. The minimum atomic E-state index is 0.185. The van der Waals surface area contributed by atoms with Crippen LogP contribution in [-0.4, -0.2) is 59.0 Å². The number of imidazole rings is 1. The van der Waals surface area contributed by atoms with E-state index in [9.17, 15) is 4.79 Å². The summed E-state index contributed by atoms with van der Waals surface area (Å²) in [6.45, 7) is 5.83. The van der Waals surface area contributed by atoms with Crippen LogP contribution in [0.5, 0.6) is 0 Å². The van der Waals surface area contributed by atoms with Crippen LogP contribution < -0.4 is 0 Å². The normalized spacial score (nSPS) is 17.8. The van der Waals surface area contributed by atoms with Crippen molar-refractivity contribution in [3.8, 4) is 0 Å². The molecule has 0 aliphatic carbocycles. The number of carbonyl (C=O) groups is 1. The largest absolute Gasteiger partial charge is 0.337 e. The van der Waals surface area contributed by atoms with Crippen molar-refractivity contribution in [2.45, 2.75) is 45.1 Å². The molecule has 0 spiro atoms. The highest BCUT2D eigenvalue weighted by molar-refractivity contribution is 7.14. The molecule has 3 rings (SSSR count). The molecule has 0 saturated carbocycles. The number of piperidine rings is 1. The summed E-state index contributed by atoms with van der Waals surface area (Å²) in [6, 6.07) is 4.06. The second-order valence-electron chi connectivity index (χ2n) is 7.35. The predicted molar refractivity (Wildman–Crippen MR) is 107 cm³/mol. The Morgan fingerprint density at radius 2 is 2.23 bits per heavy atom. The van der Waals surface area contributed by atoms with Crippen LogP contribution in [0.2, 0.25) is 0 Å². The topological polar surface area (TPSA) is 41.4 Å². The fourth-order valence-corrected chi connectivity index (χ4v) is 4.55. The van der Waals surface area contributed by atoms with Gasteiger partial charge in [0, 0.05) is 42.8 Å². The number of aryl methyl sites for hydroxylation is 2. The van der Waals surface area contributed by atoms with Gasteiger partial charge in [-0.1, -0.05) is 6.92 Å². The molecule has 1 saturated heterocycles. The number of amides is 1. The van der Waals surface area contributed by atoms with Gasteiger partial charge in [-0.15, -0.1) is 11.3 Å². The molecule has 1 aliphatic rings. The van der Waals surface area contributed by atoms with E-state index in [2.05, 4.69) is 47.7 Å². The van der Waals surface area contributed by atoms with Gasteiger partial charge < -0.3 is 14.4 Å². The molecule has 1 unspecified atom stereocenters. The van der Waals surface area contributed by atoms with Crippen molar-refractivity contribution >= 4 is 17.2 Å². The molecule has 5 nitrogen and oxygen atoms in total. The van der Waals surface area contributed by atoms with Gasteiger partial charge in [-0.25, -0.2) is 4.98 Å². The molecule has 2 aromatic heterocycles. The predicted octanol–water partition coefficient (Wildman–Crippen LogP) is 3.48. The highest BCUT2D eigenvalue weighted by Crippen LogP contribution is 2.28. The minimum Gasteiger partial charge on any atom is -0.337 e. The Hall–Kier alpha value is -1.66. The first-order valence-corrected chi connectivity index (χ1v) is 10.4. The van der Waals surface area contributed by atoms with Crippen molar-refractivity contribution in [1.29, 1.82) is 0 Å². The fourth-order valence-electron chi connectivity index (χ4n) is 3.64. The van der Waals surface area contributed by atoms with Crippen LogP contribution in [0.15, 0.2) is 24.5 Å². The van der Waals surface area contributed by atoms with E-state index in [0.29, 0.717) is 5.92 Å². The zero-order valence-electron chi connectivity index (χ0n) is 16.1. The van der Waals surface area contributed by atoms with Crippen LogP contribution >= 0.6 is 11.3 Å². The maximum atomic E-state index is 12.9. The van der Waals surface area contributed by atoms with Crippen molar-refractivity contribution in [1.82, 2.24) is 19.4 Å². The molecular formula is C20H30N4OS. The van der Waals surface area contributed by atoms with E-state index in [4.69, 9.17) is 0 Å². The first kappa shape index (κ1) is 19.1. The summed E-state index contributed by atoms with van der Waals surface area (Å²) in [5, 5.41) is 0. The number of hydrogen-bond donors (Lipinski definition) is 0. The number of thiophene rings is 1. The minimum absolute atomic E-state index is 0.185. The molecule has 1 atom stereocenters. The van der Waals surface area contributed by atoms with Gasteiger partial charge in [-0.3, -0.25) is 4.79 Å². The molecule has 0 bridgehead atoms. The Morgan fingerprint density at radius 3 is 2.96 bits per heavy atom. The number of aromatic nitrogens is 2. The molecule has 1 aliphatic heterocycles. The lowest BCUT2D eigenvalue weighted by molar-refractivity contribution is 0.0708. The smallest absolute Gasteiger partial charge is 0.263 e. The van der Waals surface area contributed by atoms with Gasteiger partial charge in [0.2, 0.25) is 0 Å². The van der Waals surface area contributed by atoms with Crippen molar-refractivity contribution in [2.24, 2.45) is 0 Å². The number of nitrogens with zero attached hydrogens (tertiary/aromatic N) is 4. The zero-order chi connectivity index (χ0) is 18.5. The van der Waals surface area contributed by atoms with Gasteiger partial charge in [-0.2, -0.15) is 0 Å². The number of carbonyl (C=O) groups excluding carboxylic acids is 1. The second kappa shape index (κ2) is 8.82. The quantitative estimate of drug-likeness (QED) is 0.745. The van der Waals surface area contributed by atoms with E-state index < -0.39 is 0 Å². The maximum Gasteiger partial charge on any atom is 0.263 e. The van der Waals surface area contributed by atoms with E-state index in [1.807, 2.05) is 17.2 Å². The van der Waals surface area contributed by atoms with Crippen LogP contribution in [-0.2, 0) is 13.0 Å². The summed E-state index contributed by atoms with van der Waals surface area (Å²) in [5.74, 6) is 1.67. The van der Waals surface area contributed by atoms with Crippen molar-refractivity contribution in [3.63, 3.8) is 0 Å². The SMILES string of the molecule is CCc1ccc(C(=O)N2CCCC(c3nccn3CCCN(C)C)C2)s1. The Bertz CT molecular complexity index is 721. The summed E-state index contributed by atoms with van der Waals surface area (Å²) < 4.78 is 2.28. The van der Waals surface area contributed by atoms with Gasteiger partial charge in [-0.05, 0) is 58.5 Å². The monoisotopic (exact) mass is 374 g/mol. The van der Waals surface area contributed by atoms with Crippen LogP contribution in [0.3, 0.4) is 0 Å².